The molecule has 4 aliphatic rings. The predicted octanol–water partition coefficient (Wildman–Crippen LogP) is 3.55. The Morgan fingerprint density at radius 1 is 1.14 bits per heavy atom. The molecule has 156 valence electrons. The number of benzene rings is 1. The number of nitro benzene ring substituents is 1. The van der Waals surface area contributed by atoms with Crippen LogP contribution in [0.1, 0.15) is 39.0 Å². The highest BCUT2D eigenvalue weighted by atomic mass is 16.6. The Balaban J connectivity index is 1.39. The number of amides is 1. The predicted molar refractivity (Wildman–Crippen MR) is 104 cm³/mol. The average molecular weight is 402 g/mol. The van der Waals surface area contributed by atoms with Gasteiger partial charge in [0, 0.05) is 6.07 Å². The van der Waals surface area contributed by atoms with Crippen molar-refractivity contribution in [3.05, 3.63) is 28.3 Å². The molecule has 0 spiro atoms. The van der Waals surface area contributed by atoms with E-state index in [1.807, 2.05) is 0 Å². The van der Waals surface area contributed by atoms with Crippen LogP contribution in [0.5, 0.6) is 5.75 Å². The van der Waals surface area contributed by atoms with Gasteiger partial charge < -0.3 is 14.8 Å². The Labute approximate surface area is 169 Å². The lowest BCUT2D eigenvalue weighted by Crippen LogP contribution is -2.49. The van der Waals surface area contributed by atoms with Crippen LogP contribution >= 0.6 is 0 Å². The third-order valence-corrected chi connectivity index (χ3v) is 6.81. The molecule has 1 atom stereocenters. The van der Waals surface area contributed by atoms with Crippen LogP contribution in [0.25, 0.3) is 0 Å². The van der Waals surface area contributed by atoms with Gasteiger partial charge in [0.05, 0.1) is 29.7 Å². The first-order valence-electron chi connectivity index (χ1n) is 10.2. The first kappa shape index (κ1) is 19.7. The van der Waals surface area contributed by atoms with E-state index in [4.69, 9.17) is 9.47 Å². The van der Waals surface area contributed by atoms with Gasteiger partial charge in [-0.05, 0) is 68.8 Å². The number of nitrogens with one attached hydrogen (secondary N) is 1. The van der Waals surface area contributed by atoms with Crippen LogP contribution in [0.3, 0.4) is 0 Å². The lowest BCUT2D eigenvalue weighted by atomic mass is 9.52. The summed E-state index contributed by atoms with van der Waals surface area (Å²) in [6.45, 7) is 1.54. The molecule has 5 rings (SSSR count). The number of esters is 1. The highest BCUT2D eigenvalue weighted by molar-refractivity contribution is 5.96. The molecule has 8 nitrogen and oxygen atoms in total. The number of carbonyl (C=O) groups excluding carboxylic acids is 2. The smallest absolute Gasteiger partial charge is 0.310 e. The molecule has 4 saturated carbocycles. The van der Waals surface area contributed by atoms with E-state index in [1.165, 1.54) is 31.7 Å². The Kier molecular flexibility index (Phi) is 5.19. The van der Waals surface area contributed by atoms with Crippen LogP contribution in [-0.4, -0.2) is 30.0 Å². The summed E-state index contributed by atoms with van der Waals surface area (Å²) in [6, 6.07) is 3.92. The number of nitrogens with zero attached hydrogens (tertiary/aromatic N) is 1. The van der Waals surface area contributed by atoms with Crippen molar-refractivity contribution >= 4 is 23.3 Å². The number of nitro groups is 1. The van der Waals surface area contributed by atoms with Gasteiger partial charge in [0.25, 0.3) is 11.6 Å². The maximum absolute atomic E-state index is 12.8. The van der Waals surface area contributed by atoms with Gasteiger partial charge in [-0.3, -0.25) is 19.7 Å². The summed E-state index contributed by atoms with van der Waals surface area (Å²) in [5.74, 6) is 1.63. The molecule has 0 saturated heterocycles. The van der Waals surface area contributed by atoms with Crippen LogP contribution in [-0.2, 0) is 14.3 Å². The zero-order chi connectivity index (χ0) is 20.7. The SMILES string of the molecule is COc1cc([N+](=O)[O-])ccc1NC(=O)[C@@H](C)OC(=O)C1C2CC3CC(C2)CC1C3. The van der Waals surface area contributed by atoms with Crippen molar-refractivity contribution in [2.75, 3.05) is 12.4 Å². The second-order valence-electron chi connectivity index (χ2n) is 8.67. The van der Waals surface area contributed by atoms with E-state index >= 15 is 0 Å². The number of ether oxygens (including phenoxy) is 2. The van der Waals surface area contributed by atoms with Gasteiger partial charge >= 0.3 is 5.97 Å². The number of hydrogen-bond donors (Lipinski definition) is 1. The van der Waals surface area contributed by atoms with E-state index < -0.39 is 16.9 Å². The third kappa shape index (κ3) is 3.80. The second-order valence-corrected chi connectivity index (χ2v) is 8.67. The third-order valence-electron chi connectivity index (χ3n) is 6.81. The fourth-order valence-corrected chi connectivity index (χ4v) is 5.75. The molecule has 8 heteroatoms. The molecule has 0 heterocycles. The van der Waals surface area contributed by atoms with Gasteiger partial charge in [-0.2, -0.15) is 0 Å². The van der Waals surface area contributed by atoms with Gasteiger partial charge in [-0.15, -0.1) is 0 Å². The maximum atomic E-state index is 12.8. The lowest BCUT2D eigenvalue weighted by Gasteiger charge is -2.53. The lowest BCUT2D eigenvalue weighted by molar-refractivity contribution is -0.384. The minimum Gasteiger partial charge on any atom is -0.494 e. The van der Waals surface area contributed by atoms with Crippen LogP contribution in [0, 0.1) is 39.7 Å². The molecular weight excluding hydrogens is 376 g/mol. The average Bonchev–Trinajstić information content (AvgIpc) is 2.67. The van der Waals surface area contributed by atoms with Gasteiger partial charge in [0.1, 0.15) is 5.75 Å². The van der Waals surface area contributed by atoms with Crippen LogP contribution < -0.4 is 10.1 Å². The van der Waals surface area contributed by atoms with Crippen LogP contribution in [0.4, 0.5) is 11.4 Å². The van der Waals surface area contributed by atoms with Crippen molar-refractivity contribution in [1.82, 2.24) is 0 Å². The molecule has 1 aromatic carbocycles. The van der Waals surface area contributed by atoms with Gasteiger partial charge in [0.15, 0.2) is 6.10 Å². The highest BCUT2D eigenvalue weighted by Gasteiger charge is 2.51. The number of non-ortho nitro benzene ring substituents is 1. The fraction of sp³-hybridized carbons (Fsp3) is 0.619. The molecule has 0 aromatic heterocycles. The van der Waals surface area contributed by atoms with Crippen molar-refractivity contribution in [2.24, 2.45) is 29.6 Å². The first-order chi connectivity index (χ1) is 13.9. The molecule has 1 N–H and O–H groups in total. The molecule has 1 amide bonds. The summed E-state index contributed by atoms with van der Waals surface area (Å²) in [5.41, 5.74) is 0.154. The molecule has 0 radical (unpaired) electrons. The Morgan fingerprint density at radius 2 is 1.76 bits per heavy atom. The summed E-state index contributed by atoms with van der Waals surface area (Å²) in [7, 11) is 1.37. The summed E-state index contributed by atoms with van der Waals surface area (Å²) in [4.78, 5) is 35.7. The molecule has 4 fully saturated rings. The van der Waals surface area contributed by atoms with E-state index in [1.54, 1.807) is 6.92 Å². The van der Waals surface area contributed by atoms with Crippen molar-refractivity contribution in [2.45, 2.75) is 45.1 Å². The van der Waals surface area contributed by atoms with Gasteiger partial charge in [-0.1, -0.05) is 0 Å². The molecule has 0 aliphatic heterocycles. The largest absolute Gasteiger partial charge is 0.494 e. The molecular formula is C21H26N2O6. The number of methoxy groups -OCH3 is 1. The van der Waals surface area contributed by atoms with E-state index in [0.717, 1.165) is 37.5 Å². The molecule has 4 bridgehead atoms. The normalized spacial score (nSPS) is 30.5. The quantitative estimate of drug-likeness (QED) is 0.443. The second kappa shape index (κ2) is 7.65. The minimum atomic E-state index is -0.959. The summed E-state index contributed by atoms with van der Waals surface area (Å²) in [6.07, 6.45) is 4.77. The summed E-state index contributed by atoms with van der Waals surface area (Å²) < 4.78 is 10.7. The van der Waals surface area contributed by atoms with Crippen LogP contribution in [0.15, 0.2) is 18.2 Å². The number of carbonyl (C=O) groups is 2. The number of anilines is 1. The van der Waals surface area contributed by atoms with Crippen molar-refractivity contribution in [3.63, 3.8) is 0 Å². The molecule has 4 aliphatic carbocycles. The van der Waals surface area contributed by atoms with Crippen molar-refractivity contribution in [1.29, 1.82) is 0 Å². The summed E-state index contributed by atoms with van der Waals surface area (Å²) >= 11 is 0. The maximum Gasteiger partial charge on any atom is 0.310 e. The van der Waals surface area contributed by atoms with Gasteiger partial charge in [0.2, 0.25) is 0 Å². The monoisotopic (exact) mass is 402 g/mol. The van der Waals surface area contributed by atoms with E-state index in [2.05, 4.69) is 5.32 Å². The summed E-state index contributed by atoms with van der Waals surface area (Å²) in [5, 5.41) is 13.5. The van der Waals surface area contributed by atoms with E-state index in [9.17, 15) is 19.7 Å². The molecule has 29 heavy (non-hydrogen) atoms. The zero-order valence-corrected chi connectivity index (χ0v) is 16.6. The highest BCUT2D eigenvalue weighted by Crippen LogP contribution is 2.56. The van der Waals surface area contributed by atoms with Crippen molar-refractivity contribution < 1.29 is 24.0 Å². The fourth-order valence-electron chi connectivity index (χ4n) is 5.75. The minimum absolute atomic E-state index is 0.0908. The number of rotatable bonds is 6. The van der Waals surface area contributed by atoms with Crippen molar-refractivity contribution in [3.8, 4) is 5.75 Å². The first-order valence-corrected chi connectivity index (χ1v) is 10.2. The van der Waals surface area contributed by atoms with Gasteiger partial charge in [-0.25, -0.2) is 0 Å². The van der Waals surface area contributed by atoms with E-state index in [0.29, 0.717) is 17.5 Å². The van der Waals surface area contributed by atoms with Crippen LogP contribution in [0.2, 0.25) is 0 Å². The zero-order valence-electron chi connectivity index (χ0n) is 16.6. The molecule has 1 aromatic rings. The Bertz CT molecular complexity index is 810. The molecule has 0 unspecified atom stereocenters. The Hall–Kier alpha value is -2.64. The Morgan fingerprint density at radius 3 is 2.31 bits per heavy atom. The standard InChI is InChI=1S/C21H26N2O6/c1-11(20(24)22-17-4-3-16(23(26)27)10-18(17)28-2)29-21(25)19-14-6-12-5-13(8-14)9-15(19)7-12/h3-4,10-15,19H,5-9H2,1-2H3,(H,22,24)/t11-,12?,13?,14?,15?,19?/m1/s1. The number of hydrogen-bond acceptors (Lipinski definition) is 6. The topological polar surface area (TPSA) is 108 Å². The van der Waals surface area contributed by atoms with E-state index in [-0.39, 0.29) is 23.3 Å².